The minimum atomic E-state index is -0.773. The third kappa shape index (κ3) is 46.8. The lowest BCUT2D eigenvalue weighted by Gasteiger charge is -2.18. The molecule has 346 valence electrons. The van der Waals surface area contributed by atoms with Crippen LogP contribution in [0.15, 0.2) is 24.3 Å². The van der Waals surface area contributed by atoms with Crippen molar-refractivity contribution in [2.75, 3.05) is 13.2 Å². The number of carbonyl (C=O) groups is 3. The first-order valence-electron chi connectivity index (χ1n) is 25.8. The lowest BCUT2D eigenvalue weighted by Crippen LogP contribution is -2.30. The average Bonchev–Trinajstić information content (AvgIpc) is 3.23. The van der Waals surface area contributed by atoms with Gasteiger partial charge in [0.25, 0.3) is 0 Å². The molecule has 6 nitrogen and oxygen atoms in total. The van der Waals surface area contributed by atoms with Gasteiger partial charge in [0.1, 0.15) is 13.2 Å². The Morgan fingerprint density at radius 2 is 0.559 bits per heavy atom. The number of unbranched alkanes of at least 4 members (excludes halogenated alkanes) is 32. The molecule has 0 aromatic heterocycles. The maximum Gasteiger partial charge on any atom is 0.306 e. The summed E-state index contributed by atoms with van der Waals surface area (Å²) in [5.74, 6) is -0.880. The van der Waals surface area contributed by atoms with Gasteiger partial charge >= 0.3 is 17.9 Å². The molecule has 0 bridgehead atoms. The largest absolute Gasteiger partial charge is 0.462 e. The summed E-state index contributed by atoms with van der Waals surface area (Å²) in [6.45, 7) is 6.63. The van der Waals surface area contributed by atoms with Crippen LogP contribution >= 0.6 is 0 Å². The number of ether oxygens (including phenoxy) is 3. The van der Waals surface area contributed by atoms with Crippen molar-refractivity contribution in [3.8, 4) is 0 Å². The highest BCUT2D eigenvalue weighted by Crippen LogP contribution is 2.15. The molecule has 0 saturated carbocycles. The lowest BCUT2D eigenvalue weighted by atomic mass is 10.1. The molecular formula is C53H98O6. The van der Waals surface area contributed by atoms with Gasteiger partial charge in [0.05, 0.1) is 0 Å². The Morgan fingerprint density at radius 3 is 0.847 bits per heavy atom. The quantitative estimate of drug-likeness (QED) is 0.0263. The van der Waals surface area contributed by atoms with Gasteiger partial charge in [0, 0.05) is 19.3 Å². The van der Waals surface area contributed by atoms with E-state index in [0.29, 0.717) is 19.3 Å². The molecule has 0 heterocycles. The molecule has 0 saturated heterocycles. The highest BCUT2D eigenvalue weighted by molar-refractivity contribution is 5.71. The normalized spacial score (nSPS) is 12.1. The van der Waals surface area contributed by atoms with Crippen molar-refractivity contribution in [1.29, 1.82) is 0 Å². The smallest absolute Gasteiger partial charge is 0.306 e. The molecule has 0 unspecified atom stereocenters. The van der Waals surface area contributed by atoms with Crippen LogP contribution in [0.1, 0.15) is 278 Å². The van der Waals surface area contributed by atoms with Crippen molar-refractivity contribution in [2.24, 2.45) is 0 Å². The van der Waals surface area contributed by atoms with Gasteiger partial charge in [-0.15, -0.1) is 0 Å². The molecule has 0 spiro atoms. The zero-order valence-electron chi connectivity index (χ0n) is 39.5. The van der Waals surface area contributed by atoms with Crippen LogP contribution in [0.3, 0.4) is 0 Å². The Bertz CT molecular complexity index is 958. The predicted octanol–water partition coefficient (Wildman–Crippen LogP) is 16.8. The zero-order chi connectivity index (χ0) is 43.0. The highest BCUT2D eigenvalue weighted by atomic mass is 16.6. The average molecular weight is 831 g/mol. The Kier molecular flexibility index (Phi) is 46.8. The molecule has 0 radical (unpaired) electrons. The van der Waals surface area contributed by atoms with Crippen molar-refractivity contribution < 1.29 is 28.6 Å². The van der Waals surface area contributed by atoms with Crippen molar-refractivity contribution in [1.82, 2.24) is 0 Å². The van der Waals surface area contributed by atoms with Gasteiger partial charge in [0.2, 0.25) is 0 Å². The van der Waals surface area contributed by atoms with Crippen LogP contribution in [0.2, 0.25) is 0 Å². The molecular weight excluding hydrogens is 733 g/mol. The fraction of sp³-hybridized carbons (Fsp3) is 0.868. The van der Waals surface area contributed by atoms with E-state index in [-0.39, 0.29) is 31.1 Å². The van der Waals surface area contributed by atoms with Crippen molar-refractivity contribution in [3.63, 3.8) is 0 Å². The molecule has 0 N–H and O–H groups in total. The summed E-state index contributed by atoms with van der Waals surface area (Å²) in [6.07, 6.45) is 54.4. The van der Waals surface area contributed by atoms with Gasteiger partial charge in [-0.25, -0.2) is 0 Å². The molecule has 0 amide bonds. The number of carbonyl (C=O) groups excluding carboxylic acids is 3. The van der Waals surface area contributed by atoms with Gasteiger partial charge in [-0.05, 0) is 70.6 Å². The minimum Gasteiger partial charge on any atom is -0.462 e. The van der Waals surface area contributed by atoms with E-state index in [2.05, 4.69) is 45.1 Å². The Labute approximate surface area is 366 Å². The monoisotopic (exact) mass is 831 g/mol. The topological polar surface area (TPSA) is 78.9 Å². The van der Waals surface area contributed by atoms with E-state index in [1.165, 1.54) is 167 Å². The molecule has 0 aliphatic rings. The van der Waals surface area contributed by atoms with Crippen LogP contribution in [0.4, 0.5) is 0 Å². The Balaban J connectivity index is 4.36. The maximum atomic E-state index is 12.8. The second-order valence-corrected chi connectivity index (χ2v) is 17.4. The number of hydrogen-bond acceptors (Lipinski definition) is 6. The first kappa shape index (κ1) is 56.9. The second kappa shape index (κ2) is 48.6. The fourth-order valence-electron chi connectivity index (χ4n) is 7.49. The predicted molar refractivity (Wildman–Crippen MR) is 252 cm³/mol. The fourth-order valence-corrected chi connectivity index (χ4v) is 7.49. The van der Waals surface area contributed by atoms with E-state index in [1.807, 2.05) is 0 Å². The molecule has 0 aliphatic heterocycles. The summed E-state index contributed by atoms with van der Waals surface area (Å²) in [4.78, 5) is 37.9. The summed E-state index contributed by atoms with van der Waals surface area (Å²) in [7, 11) is 0. The molecule has 0 aliphatic carbocycles. The van der Waals surface area contributed by atoms with Crippen LogP contribution in [0.25, 0.3) is 0 Å². The number of rotatable bonds is 47. The summed E-state index contributed by atoms with van der Waals surface area (Å²) in [5, 5.41) is 0. The van der Waals surface area contributed by atoms with Gasteiger partial charge in [-0.2, -0.15) is 0 Å². The van der Waals surface area contributed by atoms with Gasteiger partial charge < -0.3 is 14.2 Å². The zero-order valence-corrected chi connectivity index (χ0v) is 39.5. The SMILES string of the molecule is CCCCCCCC/C=C\CCCCCCCC(=O)OC[C@@H](COC(=O)CCCCCCCCCCCCC)OC(=O)CCCCCCC/C=C\CCCCCCCC. The van der Waals surface area contributed by atoms with Crippen LogP contribution < -0.4 is 0 Å². The van der Waals surface area contributed by atoms with E-state index in [4.69, 9.17) is 14.2 Å². The number of allylic oxidation sites excluding steroid dienone is 4. The van der Waals surface area contributed by atoms with Gasteiger partial charge in [-0.1, -0.05) is 212 Å². The van der Waals surface area contributed by atoms with Crippen molar-refractivity contribution in [3.05, 3.63) is 24.3 Å². The molecule has 0 fully saturated rings. The first-order valence-corrected chi connectivity index (χ1v) is 25.8. The molecule has 0 aromatic rings. The second-order valence-electron chi connectivity index (χ2n) is 17.4. The molecule has 0 rings (SSSR count). The number of esters is 3. The summed E-state index contributed by atoms with van der Waals surface area (Å²) in [5.41, 5.74) is 0. The van der Waals surface area contributed by atoms with E-state index in [9.17, 15) is 14.4 Å². The third-order valence-electron chi connectivity index (χ3n) is 11.4. The highest BCUT2D eigenvalue weighted by Gasteiger charge is 2.19. The van der Waals surface area contributed by atoms with Crippen LogP contribution in [0.5, 0.6) is 0 Å². The van der Waals surface area contributed by atoms with Crippen LogP contribution in [0, 0.1) is 0 Å². The summed E-state index contributed by atoms with van der Waals surface area (Å²) < 4.78 is 16.8. The molecule has 6 heteroatoms. The Morgan fingerprint density at radius 1 is 0.322 bits per heavy atom. The van der Waals surface area contributed by atoms with E-state index in [1.54, 1.807) is 0 Å². The van der Waals surface area contributed by atoms with E-state index < -0.39 is 6.10 Å². The summed E-state index contributed by atoms with van der Waals surface area (Å²) in [6, 6.07) is 0. The third-order valence-corrected chi connectivity index (χ3v) is 11.4. The van der Waals surface area contributed by atoms with Crippen LogP contribution in [-0.2, 0) is 28.6 Å². The van der Waals surface area contributed by atoms with Crippen molar-refractivity contribution in [2.45, 2.75) is 284 Å². The lowest BCUT2D eigenvalue weighted by molar-refractivity contribution is -0.167. The maximum absolute atomic E-state index is 12.8. The Hall–Kier alpha value is -2.11. The van der Waals surface area contributed by atoms with E-state index in [0.717, 1.165) is 70.6 Å². The molecule has 59 heavy (non-hydrogen) atoms. The minimum absolute atomic E-state index is 0.0737. The van der Waals surface area contributed by atoms with Gasteiger partial charge in [-0.3, -0.25) is 14.4 Å². The molecule has 0 aromatic carbocycles. The van der Waals surface area contributed by atoms with Crippen LogP contribution in [-0.4, -0.2) is 37.2 Å². The van der Waals surface area contributed by atoms with E-state index >= 15 is 0 Å². The van der Waals surface area contributed by atoms with Gasteiger partial charge in [0.15, 0.2) is 6.10 Å². The molecule has 1 atom stereocenters. The van der Waals surface area contributed by atoms with Crippen molar-refractivity contribution >= 4 is 17.9 Å². The standard InChI is InChI=1S/C53H98O6/c1-4-7-10-13-16-19-22-24-26-28-31-34-37-40-43-46-52(55)58-49-50(48-57-51(54)45-42-39-36-33-30-21-18-15-12-9-6-3)59-53(56)47-44-41-38-35-32-29-27-25-23-20-17-14-11-8-5-2/h24-27,50H,4-23,28-49H2,1-3H3/b26-24-,27-25-/t50-/m1/s1. The first-order chi connectivity index (χ1) is 29.0. The number of hydrogen-bond donors (Lipinski definition) is 0. The summed E-state index contributed by atoms with van der Waals surface area (Å²) >= 11 is 0.